The quantitative estimate of drug-likeness (QED) is 0.851. The van der Waals surface area contributed by atoms with Crippen LogP contribution >= 0.6 is 0 Å². The van der Waals surface area contributed by atoms with Crippen molar-refractivity contribution in [2.24, 2.45) is 0 Å². The molecule has 0 saturated heterocycles. The summed E-state index contributed by atoms with van der Waals surface area (Å²) in [5.74, 6) is 0. The van der Waals surface area contributed by atoms with E-state index in [0.717, 1.165) is 32.5 Å². The van der Waals surface area contributed by atoms with Gasteiger partial charge >= 0.3 is 0 Å². The zero-order chi connectivity index (χ0) is 12.1. The van der Waals surface area contributed by atoms with Crippen LogP contribution in [-0.2, 0) is 13.0 Å². The molecule has 0 aromatic heterocycles. The summed E-state index contributed by atoms with van der Waals surface area (Å²) < 4.78 is 0. The third kappa shape index (κ3) is 3.06. The van der Waals surface area contributed by atoms with E-state index in [9.17, 15) is 0 Å². The molecular formula is C14H19N3. The van der Waals surface area contributed by atoms with E-state index in [-0.39, 0.29) is 6.04 Å². The summed E-state index contributed by atoms with van der Waals surface area (Å²) in [5.41, 5.74) is 2.92. The summed E-state index contributed by atoms with van der Waals surface area (Å²) in [4.78, 5) is 2.43. The number of hydrogen-bond acceptors (Lipinski definition) is 3. The number of fused-ring (bicyclic) bond motifs is 1. The molecule has 1 N–H and O–H groups in total. The molecule has 1 heterocycles. The number of nitrogens with zero attached hydrogens (tertiary/aromatic N) is 2. The van der Waals surface area contributed by atoms with Crippen LogP contribution in [0.3, 0.4) is 0 Å². The average molecular weight is 229 g/mol. The zero-order valence-corrected chi connectivity index (χ0v) is 10.3. The van der Waals surface area contributed by atoms with Gasteiger partial charge in [-0.05, 0) is 31.0 Å². The molecule has 0 bridgehead atoms. The van der Waals surface area contributed by atoms with E-state index >= 15 is 0 Å². The summed E-state index contributed by atoms with van der Waals surface area (Å²) in [5, 5.41) is 11.9. The molecular weight excluding hydrogens is 210 g/mol. The maximum atomic E-state index is 8.88. The molecule has 1 atom stereocenters. The van der Waals surface area contributed by atoms with Crippen molar-refractivity contribution in [3.63, 3.8) is 0 Å². The topological polar surface area (TPSA) is 39.1 Å². The van der Waals surface area contributed by atoms with Gasteiger partial charge in [0.15, 0.2) is 0 Å². The Morgan fingerprint density at radius 3 is 2.88 bits per heavy atom. The Bertz CT molecular complexity index is 408. The van der Waals surface area contributed by atoms with Crippen LogP contribution in [0.4, 0.5) is 0 Å². The monoisotopic (exact) mass is 229 g/mol. The molecule has 1 unspecified atom stereocenters. The first kappa shape index (κ1) is 12.1. The third-order valence-electron chi connectivity index (χ3n) is 3.45. The van der Waals surface area contributed by atoms with Crippen molar-refractivity contribution in [1.82, 2.24) is 10.2 Å². The van der Waals surface area contributed by atoms with Crippen molar-refractivity contribution in [2.45, 2.75) is 25.4 Å². The molecule has 0 aliphatic carbocycles. The second-order valence-electron chi connectivity index (χ2n) is 4.55. The molecule has 1 aromatic rings. The molecule has 3 nitrogen and oxygen atoms in total. The number of hydrogen-bond donors (Lipinski definition) is 1. The van der Waals surface area contributed by atoms with Crippen molar-refractivity contribution in [1.29, 1.82) is 5.26 Å². The summed E-state index contributed by atoms with van der Waals surface area (Å²) in [7, 11) is 1.85. The Labute approximate surface area is 103 Å². The largest absolute Gasteiger partial charge is 0.305 e. The highest BCUT2D eigenvalue weighted by molar-refractivity contribution is 5.29. The summed E-state index contributed by atoms with van der Waals surface area (Å²) in [6.45, 7) is 3.13. The van der Waals surface area contributed by atoms with Crippen LogP contribution in [-0.4, -0.2) is 31.1 Å². The van der Waals surface area contributed by atoms with E-state index in [1.54, 1.807) is 0 Å². The van der Waals surface area contributed by atoms with Gasteiger partial charge in [0.1, 0.15) is 0 Å². The Morgan fingerprint density at radius 1 is 1.41 bits per heavy atom. The number of nitrogens with one attached hydrogen (secondary N) is 1. The highest BCUT2D eigenvalue weighted by Gasteiger charge is 2.16. The first-order valence-corrected chi connectivity index (χ1v) is 6.19. The van der Waals surface area contributed by atoms with Gasteiger partial charge in [-0.1, -0.05) is 24.3 Å². The summed E-state index contributed by atoms with van der Waals surface area (Å²) >= 11 is 0. The average Bonchev–Trinajstić information content (AvgIpc) is 2.40. The molecule has 0 saturated carbocycles. The van der Waals surface area contributed by atoms with Gasteiger partial charge in [-0.15, -0.1) is 0 Å². The lowest BCUT2D eigenvalue weighted by atomic mass is 9.99. The predicted octanol–water partition coefficient (Wildman–Crippen LogP) is 1.55. The van der Waals surface area contributed by atoms with Crippen LogP contribution in [0, 0.1) is 11.3 Å². The van der Waals surface area contributed by atoms with Crippen LogP contribution in [0.1, 0.15) is 17.5 Å². The molecule has 0 amide bonds. The molecule has 1 aromatic carbocycles. The molecule has 0 fully saturated rings. The number of benzene rings is 1. The van der Waals surface area contributed by atoms with Crippen LogP contribution in [0.15, 0.2) is 24.3 Å². The van der Waals surface area contributed by atoms with E-state index in [4.69, 9.17) is 5.26 Å². The minimum Gasteiger partial charge on any atom is -0.305 e. The summed E-state index contributed by atoms with van der Waals surface area (Å²) in [6.07, 6.45) is 2.03. The molecule has 0 spiro atoms. The van der Waals surface area contributed by atoms with Gasteiger partial charge in [0.05, 0.1) is 12.1 Å². The molecule has 90 valence electrons. The van der Waals surface area contributed by atoms with E-state index in [0.29, 0.717) is 0 Å². The third-order valence-corrected chi connectivity index (χ3v) is 3.45. The minimum atomic E-state index is -0.0211. The fraction of sp³-hybridized carbons (Fsp3) is 0.500. The van der Waals surface area contributed by atoms with Gasteiger partial charge in [0.25, 0.3) is 0 Å². The highest BCUT2D eigenvalue weighted by atomic mass is 15.1. The van der Waals surface area contributed by atoms with Gasteiger partial charge in [-0.2, -0.15) is 5.26 Å². The lowest BCUT2D eigenvalue weighted by Crippen LogP contribution is -2.35. The predicted molar refractivity (Wildman–Crippen MR) is 68.5 cm³/mol. The first-order chi connectivity index (χ1) is 8.33. The van der Waals surface area contributed by atoms with Crippen LogP contribution in [0.5, 0.6) is 0 Å². The Balaban J connectivity index is 1.88. The normalized spacial score (nSPS) is 17.2. The maximum Gasteiger partial charge on any atom is 0.0962 e. The molecule has 1 aliphatic rings. The molecule has 1 aliphatic heterocycles. The Hall–Kier alpha value is -1.37. The smallest absolute Gasteiger partial charge is 0.0962 e. The lowest BCUT2D eigenvalue weighted by Gasteiger charge is -2.29. The van der Waals surface area contributed by atoms with Crippen molar-refractivity contribution >= 4 is 0 Å². The van der Waals surface area contributed by atoms with E-state index in [1.807, 2.05) is 7.05 Å². The fourth-order valence-corrected chi connectivity index (χ4v) is 2.33. The van der Waals surface area contributed by atoms with E-state index in [2.05, 4.69) is 40.6 Å². The van der Waals surface area contributed by atoms with Gasteiger partial charge in [0, 0.05) is 19.6 Å². The standard InChI is InChI=1S/C14H19N3/c1-16-14(10-15)7-9-17-8-6-12-4-2-3-5-13(12)11-17/h2-5,14,16H,6-9,11H2,1H3. The van der Waals surface area contributed by atoms with Gasteiger partial charge in [0.2, 0.25) is 0 Å². The van der Waals surface area contributed by atoms with Crippen molar-refractivity contribution < 1.29 is 0 Å². The number of nitriles is 1. The Kier molecular flexibility index (Phi) is 4.13. The van der Waals surface area contributed by atoms with E-state index < -0.39 is 0 Å². The molecule has 3 heteroatoms. The molecule has 2 rings (SSSR count). The lowest BCUT2D eigenvalue weighted by molar-refractivity contribution is 0.246. The second kappa shape index (κ2) is 5.81. The van der Waals surface area contributed by atoms with Crippen LogP contribution in [0.25, 0.3) is 0 Å². The number of rotatable bonds is 4. The molecule has 17 heavy (non-hydrogen) atoms. The maximum absolute atomic E-state index is 8.88. The first-order valence-electron chi connectivity index (χ1n) is 6.19. The van der Waals surface area contributed by atoms with Gasteiger partial charge < -0.3 is 5.32 Å². The second-order valence-corrected chi connectivity index (χ2v) is 4.55. The minimum absolute atomic E-state index is 0.0211. The molecule has 0 radical (unpaired) electrons. The van der Waals surface area contributed by atoms with E-state index in [1.165, 1.54) is 11.1 Å². The van der Waals surface area contributed by atoms with Gasteiger partial charge in [-0.25, -0.2) is 0 Å². The zero-order valence-electron chi connectivity index (χ0n) is 10.3. The SMILES string of the molecule is CNC(C#N)CCN1CCc2ccccc2C1. The van der Waals surface area contributed by atoms with Crippen molar-refractivity contribution in [3.8, 4) is 6.07 Å². The van der Waals surface area contributed by atoms with Crippen LogP contribution < -0.4 is 5.32 Å². The van der Waals surface area contributed by atoms with Crippen molar-refractivity contribution in [3.05, 3.63) is 35.4 Å². The van der Waals surface area contributed by atoms with Gasteiger partial charge in [-0.3, -0.25) is 4.90 Å². The Morgan fingerprint density at radius 2 is 2.18 bits per heavy atom. The fourth-order valence-electron chi connectivity index (χ4n) is 2.33. The summed E-state index contributed by atoms with van der Waals surface area (Å²) in [6, 6.07) is 10.9. The van der Waals surface area contributed by atoms with Crippen LogP contribution in [0.2, 0.25) is 0 Å². The van der Waals surface area contributed by atoms with Crippen molar-refractivity contribution in [2.75, 3.05) is 20.1 Å². The highest BCUT2D eigenvalue weighted by Crippen LogP contribution is 2.18.